The number of imidazole rings is 1. The third-order valence-electron chi connectivity index (χ3n) is 3.65. The van der Waals surface area contributed by atoms with Crippen LogP contribution in [0.25, 0.3) is 0 Å². The van der Waals surface area contributed by atoms with Crippen molar-refractivity contribution < 1.29 is 4.79 Å². The van der Waals surface area contributed by atoms with Crippen LogP contribution >= 0.6 is 0 Å². The number of aromatic nitrogens is 2. The molecule has 1 aromatic carbocycles. The van der Waals surface area contributed by atoms with E-state index in [1.807, 2.05) is 6.92 Å². The molecule has 0 bridgehead atoms. The Labute approximate surface area is 122 Å². The molecule has 110 valence electrons. The number of amides is 1. The van der Waals surface area contributed by atoms with Crippen LogP contribution in [0.5, 0.6) is 0 Å². The molecule has 1 saturated carbocycles. The van der Waals surface area contributed by atoms with E-state index < -0.39 is 0 Å². The van der Waals surface area contributed by atoms with Crippen LogP contribution in [0.15, 0.2) is 35.4 Å². The third kappa shape index (κ3) is 2.84. The van der Waals surface area contributed by atoms with E-state index in [0.29, 0.717) is 17.4 Å². The van der Waals surface area contributed by atoms with Gasteiger partial charge in [-0.1, -0.05) is 0 Å². The molecule has 0 saturated heterocycles. The Morgan fingerprint density at radius 2 is 2.14 bits per heavy atom. The van der Waals surface area contributed by atoms with Crippen molar-refractivity contribution >= 4 is 17.3 Å². The lowest BCUT2D eigenvalue weighted by atomic mass is 10.2. The maximum Gasteiger partial charge on any atom is 0.328 e. The third-order valence-corrected chi connectivity index (χ3v) is 3.65. The van der Waals surface area contributed by atoms with Gasteiger partial charge in [-0.25, -0.2) is 4.79 Å². The quantitative estimate of drug-likeness (QED) is 0.836. The monoisotopic (exact) mass is 286 g/mol. The lowest BCUT2D eigenvalue weighted by Gasteiger charge is -2.09. The molecule has 1 aromatic heterocycles. The topological polar surface area (TPSA) is 82.0 Å². The predicted molar refractivity (Wildman–Crippen MR) is 81.2 cm³/mol. The van der Waals surface area contributed by atoms with Crippen molar-refractivity contribution in [2.45, 2.75) is 32.4 Å². The van der Waals surface area contributed by atoms with Gasteiger partial charge < -0.3 is 11.1 Å². The standard InChI is InChI=1S/C15H18N4O2/c1-10-8-11(16)2-5-13(10)17-14(20)9-18-6-7-19(15(18)21)12-3-4-12/h2,5-8,12H,3-4,9,16H2,1H3,(H,17,20). The predicted octanol–water partition coefficient (Wildman–Crippen LogP) is 1.51. The van der Waals surface area contributed by atoms with E-state index in [1.165, 1.54) is 4.57 Å². The van der Waals surface area contributed by atoms with E-state index in [1.54, 1.807) is 35.2 Å². The first-order valence-electron chi connectivity index (χ1n) is 6.98. The summed E-state index contributed by atoms with van der Waals surface area (Å²) in [6.07, 6.45) is 5.50. The van der Waals surface area contributed by atoms with Crippen LogP contribution < -0.4 is 16.7 Å². The van der Waals surface area contributed by atoms with Crippen LogP contribution in [0.4, 0.5) is 11.4 Å². The normalized spacial score (nSPS) is 14.1. The van der Waals surface area contributed by atoms with Gasteiger partial charge >= 0.3 is 5.69 Å². The number of carbonyl (C=O) groups is 1. The Hall–Kier alpha value is -2.50. The summed E-state index contributed by atoms with van der Waals surface area (Å²) in [7, 11) is 0. The van der Waals surface area contributed by atoms with E-state index in [-0.39, 0.29) is 18.1 Å². The second-order valence-electron chi connectivity index (χ2n) is 5.47. The van der Waals surface area contributed by atoms with Crippen molar-refractivity contribution in [1.82, 2.24) is 9.13 Å². The number of nitrogens with one attached hydrogen (secondary N) is 1. The van der Waals surface area contributed by atoms with Crippen LogP contribution in [0.2, 0.25) is 0 Å². The average molecular weight is 286 g/mol. The van der Waals surface area contributed by atoms with E-state index in [4.69, 9.17) is 5.73 Å². The van der Waals surface area contributed by atoms with Crippen LogP contribution in [0.1, 0.15) is 24.4 Å². The fraction of sp³-hybridized carbons (Fsp3) is 0.333. The average Bonchev–Trinajstić information content (AvgIpc) is 3.20. The number of anilines is 2. The zero-order valence-electron chi connectivity index (χ0n) is 11.9. The molecule has 0 atom stereocenters. The van der Waals surface area contributed by atoms with Crippen LogP contribution in [0, 0.1) is 6.92 Å². The highest BCUT2D eigenvalue weighted by Gasteiger charge is 2.25. The molecule has 1 aliphatic carbocycles. The maximum absolute atomic E-state index is 12.1. The summed E-state index contributed by atoms with van der Waals surface area (Å²) in [6.45, 7) is 1.89. The van der Waals surface area contributed by atoms with Crippen molar-refractivity contribution in [3.8, 4) is 0 Å². The Morgan fingerprint density at radius 3 is 2.81 bits per heavy atom. The van der Waals surface area contributed by atoms with Gasteiger partial charge in [-0.05, 0) is 43.5 Å². The van der Waals surface area contributed by atoms with E-state index >= 15 is 0 Å². The Morgan fingerprint density at radius 1 is 1.38 bits per heavy atom. The maximum atomic E-state index is 12.1. The van der Waals surface area contributed by atoms with Gasteiger partial charge in [0.2, 0.25) is 5.91 Å². The summed E-state index contributed by atoms with van der Waals surface area (Å²) in [5, 5.41) is 2.80. The van der Waals surface area contributed by atoms with Gasteiger partial charge in [-0.15, -0.1) is 0 Å². The molecule has 0 aliphatic heterocycles. The first kappa shape index (κ1) is 13.5. The molecular formula is C15H18N4O2. The largest absolute Gasteiger partial charge is 0.399 e. The minimum absolute atomic E-state index is 0.0162. The first-order chi connectivity index (χ1) is 10.0. The fourth-order valence-corrected chi connectivity index (χ4v) is 2.35. The highest BCUT2D eigenvalue weighted by molar-refractivity contribution is 5.91. The molecule has 1 heterocycles. The van der Waals surface area contributed by atoms with Gasteiger partial charge in [0.25, 0.3) is 0 Å². The molecule has 1 fully saturated rings. The Bertz CT molecular complexity index is 740. The van der Waals surface area contributed by atoms with Crippen molar-refractivity contribution in [1.29, 1.82) is 0 Å². The second-order valence-corrected chi connectivity index (χ2v) is 5.47. The van der Waals surface area contributed by atoms with Crippen LogP contribution in [-0.4, -0.2) is 15.0 Å². The number of nitrogens with zero attached hydrogens (tertiary/aromatic N) is 2. The van der Waals surface area contributed by atoms with E-state index in [9.17, 15) is 9.59 Å². The highest BCUT2D eigenvalue weighted by atomic mass is 16.2. The zero-order valence-corrected chi connectivity index (χ0v) is 11.9. The van der Waals surface area contributed by atoms with Gasteiger partial charge in [-0.2, -0.15) is 0 Å². The molecular weight excluding hydrogens is 268 g/mol. The smallest absolute Gasteiger partial charge is 0.328 e. The van der Waals surface area contributed by atoms with Gasteiger partial charge in [0.15, 0.2) is 0 Å². The van der Waals surface area contributed by atoms with Crippen LogP contribution in [0.3, 0.4) is 0 Å². The molecule has 1 amide bonds. The number of benzene rings is 1. The van der Waals surface area contributed by atoms with Gasteiger partial charge in [0.05, 0.1) is 0 Å². The summed E-state index contributed by atoms with van der Waals surface area (Å²) in [5.41, 5.74) is 7.82. The summed E-state index contributed by atoms with van der Waals surface area (Å²) in [4.78, 5) is 24.1. The molecule has 0 unspecified atom stereocenters. The van der Waals surface area contributed by atoms with E-state index in [0.717, 1.165) is 18.4 Å². The highest BCUT2D eigenvalue weighted by Crippen LogP contribution is 2.33. The molecule has 6 heteroatoms. The number of aryl methyl sites for hydroxylation is 1. The summed E-state index contributed by atoms with van der Waals surface area (Å²) < 4.78 is 3.13. The van der Waals surface area contributed by atoms with Crippen molar-refractivity contribution in [2.24, 2.45) is 0 Å². The van der Waals surface area contributed by atoms with Crippen LogP contribution in [-0.2, 0) is 11.3 Å². The molecule has 0 spiro atoms. The number of carbonyl (C=O) groups excluding carboxylic acids is 1. The number of hydrogen-bond donors (Lipinski definition) is 2. The van der Waals surface area contributed by atoms with Crippen molar-refractivity contribution in [2.75, 3.05) is 11.1 Å². The lowest BCUT2D eigenvalue weighted by molar-refractivity contribution is -0.116. The van der Waals surface area contributed by atoms with Crippen molar-refractivity contribution in [3.63, 3.8) is 0 Å². The second kappa shape index (κ2) is 5.12. The molecule has 21 heavy (non-hydrogen) atoms. The summed E-state index contributed by atoms with van der Waals surface area (Å²) >= 11 is 0. The molecule has 3 rings (SSSR count). The Balaban J connectivity index is 1.70. The zero-order chi connectivity index (χ0) is 15.0. The molecule has 1 aliphatic rings. The minimum atomic E-state index is -0.224. The molecule has 2 aromatic rings. The lowest BCUT2D eigenvalue weighted by Crippen LogP contribution is -2.29. The number of rotatable bonds is 4. The number of nitrogens with two attached hydrogens (primary N) is 1. The van der Waals surface area contributed by atoms with Crippen molar-refractivity contribution in [3.05, 3.63) is 46.6 Å². The number of nitrogen functional groups attached to an aromatic ring is 1. The minimum Gasteiger partial charge on any atom is -0.399 e. The van der Waals surface area contributed by atoms with E-state index in [2.05, 4.69) is 5.32 Å². The molecule has 6 nitrogen and oxygen atoms in total. The fourth-order valence-electron chi connectivity index (χ4n) is 2.35. The van der Waals surface area contributed by atoms with Gasteiger partial charge in [0.1, 0.15) is 6.54 Å². The molecule has 3 N–H and O–H groups in total. The van der Waals surface area contributed by atoms with Gasteiger partial charge in [0, 0.05) is 29.8 Å². The Kier molecular flexibility index (Phi) is 3.29. The SMILES string of the molecule is Cc1cc(N)ccc1NC(=O)Cn1ccn(C2CC2)c1=O. The van der Waals surface area contributed by atoms with Gasteiger partial charge in [-0.3, -0.25) is 13.9 Å². The number of hydrogen-bond acceptors (Lipinski definition) is 3. The summed E-state index contributed by atoms with van der Waals surface area (Å²) in [6, 6.07) is 5.62. The first-order valence-corrected chi connectivity index (χ1v) is 6.98. The molecule has 0 radical (unpaired) electrons. The summed E-state index contributed by atoms with van der Waals surface area (Å²) in [5.74, 6) is -0.224.